The maximum Gasteiger partial charge on any atom is 0.137 e. The molecule has 0 aliphatic carbocycles. The van der Waals surface area contributed by atoms with Crippen molar-refractivity contribution in [3.8, 4) is 5.75 Å². The van der Waals surface area contributed by atoms with Crippen LogP contribution in [-0.4, -0.2) is 50.0 Å². The highest BCUT2D eigenvalue weighted by Crippen LogP contribution is 2.22. The van der Waals surface area contributed by atoms with Crippen LogP contribution in [-0.2, 0) is 0 Å². The Hall–Kier alpha value is -1.10. The van der Waals surface area contributed by atoms with Gasteiger partial charge in [-0.3, -0.25) is 0 Å². The van der Waals surface area contributed by atoms with Gasteiger partial charge in [-0.2, -0.15) is 0 Å². The summed E-state index contributed by atoms with van der Waals surface area (Å²) in [6.45, 7) is 11.1. The van der Waals surface area contributed by atoms with E-state index in [1.54, 1.807) is 4.90 Å². The molecule has 4 N–H and O–H groups in total. The van der Waals surface area contributed by atoms with E-state index in [4.69, 9.17) is 4.74 Å². The van der Waals surface area contributed by atoms with Crippen LogP contribution in [0.2, 0.25) is 0 Å². The Kier molecular flexibility index (Phi) is 6.68. The quantitative estimate of drug-likeness (QED) is 0.616. The van der Waals surface area contributed by atoms with E-state index in [2.05, 4.69) is 12.2 Å². The summed E-state index contributed by atoms with van der Waals surface area (Å²) >= 11 is 0. The van der Waals surface area contributed by atoms with Crippen LogP contribution in [0.3, 0.4) is 0 Å². The Morgan fingerprint density at radius 2 is 2.09 bits per heavy atom. The van der Waals surface area contributed by atoms with Crippen LogP contribution in [0.15, 0.2) is 18.2 Å². The lowest BCUT2D eigenvalue weighted by molar-refractivity contribution is -0.924. The number of hydrogen-bond donors (Lipinski definition) is 3. The van der Waals surface area contributed by atoms with Gasteiger partial charge in [0.15, 0.2) is 0 Å². The minimum Gasteiger partial charge on any atom is -0.490 e. The summed E-state index contributed by atoms with van der Waals surface area (Å²) in [4.78, 5) is 1.72. The highest BCUT2D eigenvalue weighted by molar-refractivity contribution is 5.39. The maximum absolute atomic E-state index is 10.1. The van der Waals surface area contributed by atoms with Crippen molar-refractivity contribution in [2.24, 2.45) is 0 Å². The van der Waals surface area contributed by atoms with Crippen LogP contribution in [0, 0.1) is 13.8 Å². The Balaban J connectivity index is 1.69. The van der Waals surface area contributed by atoms with Crippen LogP contribution in [0.5, 0.6) is 5.75 Å². The lowest BCUT2D eigenvalue weighted by Gasteiger charge is -2.19. The van der Waals surface area contributed by atoms with Crippen LogP contribution < -0.4 is 15.0 Å². The van der Waals surface area contributed by atoms with Gasteiger partial charge in [-0.05, 0) is 31.9 Å². The number of likely N-dealkylation sites (N-methyl/N-ethyl adjacent to an activating group) is 1. The molecule has 0 radical (unpaired) electrons. The van der Waals surface area contributed by atoms with Crippen molar-refractivity contribution in [3.63, 3.8) is 0 Å². The number of benzene rings is 1. The van der Waals surface area contributed by atoms with Crippen LogP contribution in [0.4, 0.5) is 0 Å². The van der Waals surface area contributed by atoms with Crippen LogP contribution in [0.25, 0.3) is 0 Å². The molecule has 22 heavy (non-hydrogen) atoms. The van der Waals surface area contributed by atoms with E-state index in [-0.39, 0.29) is 0 Å². The van der Waals surface area contributed by atoms with Gasteiger partial charge in [-0.15, -0.1) is 0 Å². The number of rotatable bonds is 8. The molecular formula is C18H32N2O2+2. The molecule has 1 saturated heterocycles. The predicted octanol–water partition coefficient (Wildman–Crippen LogP) is -0.326. The van der Waals surface area contributed by atoms with Crippen molar-refractivity contribution < 1.29 is 20.1 Å². The van der Waals surface area contributed by atoms with Crippen molar-refractivity contribution in [1.82, 2.24) is 0 Å². The smallest absolute Gasteiger partial charge is 0.137 e. The lowest BCUT2D eigenvalue weighted by atomic mass is 10.1. The number of aliphatic hydroxyl groups is 1. The van der Waals surface area contributed by atoms with Gasteiger partial charge in [-0.25, -0.2) is 0 Å². The molecule has 0 spiro atoms. The highest BCUT2D eigenvalue weighted by Gasteiger charge is 2.28. The first-order valence-electron chi connectivity index (χ1n) is 8.65. The number of aryl methyl sites for hydroxylation is 2. The van der Waals surface area contributed by atoms with Gasteiger partial charge in [0.05, 0.1) is 13.1 Å². The minimum absolute atomic E-state index is 0.372. The molecule has 4 heteroatoms. The van der Waals surface area contributed by atoms with Gasteiger partial charge in [0.25, 0.3) is 0 Å². The molecule has 3 atom stereocenters. The molecule has 0 aromatic heterocycles. The summed E-state index contributed by atoms with van der Waals surface area (Å²) in [5.74, 6) is 0.916. The average molecular weight is 308 g/mol. The average Bonchev–Trinajstić information content (AvgIpc) is 2.94. The van der Waals surface area contributed by atoms with E-state index >= 15 is 0 Å². The van der Waals surface area contributed by atoms with Crippen molar-refractivity contribution in [3.05, 3.63) is 29.3 Å². The molecule has 1 aromatic carbocycles. The first kappa shape index (κ1) is 17.3. The number of aliphatic hydroxyl groups excluding tert-OH is 1. The zero-order chi connectivity index (χ0) is 15.9. The first-order valence-corrected chi connectivity index (χ1v) is 8.65. The van der Waals surface area contributed by atoms with Crippen molar-refractivity contribution >= 4 is 0 Å². The first-order chi connectivity index (χ1) is 10.6. The number of ether oxygens (including phenoxy) is 1. The number of likely N-dealkylation sites (tertiary alicyclic amines) is 1. The van der Waals surface area contributed by atoms with Gasteiger partial charge in [-0.1, -0.05) is 18.2 Å². The van der Waals surface area contributed by atoms with Crippen molar-refractivity contribution in [2.75, 3.05) is 32.8 Å². The fourth-order valence-corrected chi connectivity index (χ4v) is 3.50. The van der Waals surface area contributed by atoms with E-state index in [0.29, 0.717) is 6.61 Å². The molecular weight excluding hydrogens is 276 g/mol. The summed E-state index contributed by atoms with van der Waals surface area (Å²) in [5.41, 5.74) is 2.26. The molecule has 1 fully saturated rings. The Labute approximate surface area is 134 Å². The maximum atomic E-state index is 10.1. The van der Waals surface area contributed by atoms with Gasteiger partial charge < -0.3 is 20.1 Å². The minimum atomic E-state index is -0.412. The number of nitrogens with one attached hydrogen (secondary N) is 1. The fourth-order valence-electron chi connectivity index (χ4n) is 3.50. The molecule has 2 rings (SSSR count). The molecule has 1 aromatic rings. The molecule has 1 unspecified atom stereocenters. The zero-order valence-electron chi connectivity index (χ0n) is 14.3. The lowest BCUT2D eigenvalue weighted by Crippen LogP contribution is -3.16. The summed E-state index contributed by atoms with van der Waals surface area (Å²) in [6.07, 6.45) is 2.26. The Morgan fingerprint density at radius 1 is 1.36 bits per heavy atom. The summed E-state index contributed by atoms with van der Waals surface area (Å²) in [6, 6.07) is 6.88. The van der Waals surface area contributed by atoms with Crippen LogP contribution >= 0.6 is 0 Å². The fraction of sp³-hybridized carbons (Fsp3) is 0.667. The largest absolute Gasteiger partial charge is 0.490 e. The SMILES string of the molecule is CC[NH+]1CCC[C@@H]1C[NH2+]C[C@H](O)COc1c(C)cccc1C. The number of quaternary nitrogens is 2. The third-order valence-electron chi connectivity index (χ3n) is 4.80. The van der Waals surface area contributed by atoms with E-state index < -0.39 is 6.10 Å². The molecule has 0 saturated carbocycles. The second kappa shape index (κ2) is 8.51. The van der Waals surface area contributed by atoms with Gasteiger partial charge in [0, 0.05) is 12.8 Å². The number of hydrogen-bond acceptors (Lipinski definition) is 2. The molecule has 0 amide bonds. The number of nitrogens with two attached hydrogens (primary N) is 1. The number of para-hydroxylation sites is 1. The Bertz CT molecular complexity index is 444. The predicted molar refractivity (Wildman–Crippen MR) is 88.5 cm³/mol. The van der Waals surface area contributed by atoms with Crippen molar-refractivity contribution in [2.45, 2.75) is 45.8 Å². The monoisotopic (exact) mass is 308 g/mol. The highest BCUT2D eigenvalue weighted by atomic mass is 16.5. The molecule has 124 valence electrons. The molecule has 1 aliphatic heterocycles. The van der Waals surface area contributed by atoms with E-state index in [1.807, 2.05) is 32.0 Å². The van der Waals surface area contributed by atoms with Gasteiger partial charge in [0.2, 0.25) is 0 Å². The molecule has 0 bridgehead atoms. The summed E-state index contributed by atoms with van der Waals surface area (Å²) in [7, 11) is 0. The van der Waals surface area contributed by atoms with E-state index in [0.717, 1.165) is 36.0 Å². The molecule has 1 aliphatic rings. The normalized spacial score (nSPS) is 22.7. The summed E-state index contributed by atoms with van der Waals surface area (Å²) < 4.78 is 5.82. The second-order valence-corrected chi connectivity index (χ2v) is 6.55. The zero-order valence-corrected chi connectivity index (χ0v) is 14.3. The van der Waals surface area contributed by atoms with Crippen molar-refractivity contribution in [1.29, 1.82) is 0 Å². The second-order valence-electron chi connectivity index (χ2n) is 6.55. The van der Waals surface area contributed by atoms with E-state index in [9.17, 15) is 5.11 Å². The Morgan fingerprint density at radius 3 is 2.77 bits per heavy atom. The topological polar surface area (TPSA) is 50.5 Å². The summed E-state index contributed by atoms with van der Waals surface area (Å²) in [5, 5.41) is 12.4. The third kappa shape index (κ3) is 4.70. The van der Waals surface area contributed by atoms with Crippen LogP contribution in [0.1, 0.15) is 30.9 Å². The third-order valence-corrected chi connectivity index (χ3v) is 4.80. The standard InChI is InChI=1S/C18H30N2O2/c1-4-20-10-6-9-16(20)11-19-12-17(21)13-22-18-14(2)7-5-8-15(18)3/h5,7-8,16-17,19,21H,4,6,9-13H2,1-3H3/p+2/t16-,17+/m1/s1. The van der Waals surface area contributed by atoms with Gasteiger partial charge in [0.1, 0.15) is 37.6 Å². The molecule has 4 nitrogen and oxygen atoms in total. The molecule has 1 heterocycles. The van der Waals surface area contributed by atoms with E-state index in [1.165, 1.54) is 25.9 Å². The van der Waals surface area contributed by atoms with Gasteiger partial charge >= 0.3 is 0 Å².